The summed E-state index contributed by atoms with van der Waals surface area (Å²) in [4.78, 5) is 4.38. The van der Waals surface area contributed by atoms with E-state index < -0.39 is 10.0 Å². The minimum Gasteiger partial charge on any atom is -0.496 e. The smallest absolute Gasteiger partial charge is 0.269 e. The van der Waals surface area contributed by atoms with Crippen molar-refractivity contribution in [2.75, 3.05) is 7.11 Å². The summed E-state index contributed by atoms with van der Waals surface area (Å²) in [5.74, 6) is 0.692. The van der Waals surface area contributed by atoms with Crippen LogP contribution in [0.15, 0.2) is 53.7 Å². The van der Waals surface area contributed by atoms with Gasteiger partial charge in [-0.25, -0.2) is 17.4 Å². The molecule has 0 bridgehead atoms. The third kappa shape index (κ3) is 2.25. The molecule has 114 valence electrons. The van der Waals surface area contributed by atoms with Gasteiger partial charge >= 0.3 is 0 Å². The number of aromatic nitrogens is 2. The lowest BCUT2D eigenvalue weighted by Gasteiger charge is -2.11. The highest BCUT2D eigenvalue weighted by atomic mass is 32.2. The molecule has 0 amide bonds. The maximum Gasteiger partial charge on any atom is 0.269 e. The molecule has 3 rings (SSSR count). The summed E-state index contributed by atoms with van der Waals surface area (Å²) in [7, 11) is -2.11. The molecule has 0 N–H and O–H groups in total. The number of para-hydroxylation sites is 2. The average molecular weight is 316 g/mol. The van der Waals surface area contributed by atoms with E-state index in [1.165, 1.54) is 10.3 Å². The summed E-state index contributed by atoms with van der Waals surface area (Å²) in [6.45, 7) is 1.96. The molecule has 0 radical (unpaired) electrons. The highest BCUT2D eigenvalue weighted by Crippen LogP contribution is 2.26. The van der Waals surface area contributed by atoms with Gasteiger partial charge in [-0.1, -0.05) is 19.1 Å². The van der Waals surface area contributed by atoms with E-state index >= 15 is 0 Å². The monoisotopic (exact) mass is 316 g/mol. The van der Waals surface area contributed by atoms with E-state index in [-0.39, 0.29) is 4.90 Å². The van der Waals surface area contributed by atoms with Gasteiger partial charge in [0.1, 0.15) is 12.1 Å². The number of benzene rings is 2. The van der Waals surface area contributed by atoms with E-state index in [0.717, 1.165) is 5.56 Å². The van der Waals surface area contributed by atoms with Gasteiger partial charge in [-0.2, -0.15) is 0 Å². The molecule has 6 heteroatoms. The zero-order chi connectivity index (χ0) is 15.7. The van der Waals surface area contributed by atoms with Crippen LogP contribution in [0.3, 0.4) is 0 Å². The molecule has 1 aromatic heterocycles. The molecule has 0 atom stereocenters. The van der Waals surface area contributed by atoms with Crippen molar-refractivity contribution in [2.45, 2.75) is 18.2 Å². The summed E-state index contributed by atoms with van der Waals surface area (Å²) in [6, 6.07) is 12.0. The molecule has 0 saturated heterocycles. The van der Waals surface area contributed by atoms with Crippen molar-refractivity contribution in [1.82, 2.24) is 8.96 Å². The molecule has 0 saturated carbocycles. The van der Waals surface area contributed by atoms with Gasteiger partial charge in [-0.3, -0.25) is 0 Å². The molecule has 3 aromatic rings. The number of hydrogen-bond donors (Lipinski definition) is 0. The Hall–Kier alpha value is -2.34. The summed E-state index contributed by atoms with van der Waals surface area (Å²) in [6.07, 6.45) is 2.03. The Morgan fingerprint density at radius 2 is 1.95 bits per heavy atom. The second kappa shape index (κ2) is 5.46. The van der Waals surface area contributed by atoms with Crippen LogP contribution in [0.4, 0.5) is 0 Å². The number of methoxy groups -OCH3 is 1. The lowest BCUT2D eigenvalue weighted by atomic mass is 10.1. The lowest BCUT2D eigenvalue weighted by Crippen LogP contribution is -2.12. The van der Waals surface area contributed by atoms with Gasteiger partial charge in [0, 0.05) is 0 Å². The van der Waals surface area contributed by atoms with Gasteiger partial charge in [-0.15, -0.1) is 0 Å². The highest BCUT2D eigenvalue weighted by Gasteiger charge is 2.20. The standard InChI is InChI=1S/C16H16N2O3S/c1-3-12-10-13(8-9-16(12)21-2)22(19,20)18-11-17-14-6-4-5-7-15(14)18/h4-11H,3H2,1-2H3. The van der Waals surface area contributed by atoms with E-state index in [0.29, 0.717) is 23.2 Å². The molecule has 0 aliphatic heterocycles. The van der Waals surface area contributed by atoms with Crippen LogP contribution in [-0.4, -0.2) is 24.5 Å². The van der Waals surface area contributed by atoms with Gasteiger partial charge in [0.15, 0.2) is 0 Å². The number of ether oxygens (including phenoxy) is 1. The van der Waals surface area contributed by atoms with Crippen molar-refractivity contribution < 1.29 is 13.2 Å². The Kier molecular flexibility index (Phi) is 3.62. The van der Waals surface area contributed by atoms with Gasteiger partial charge < -0.3 is 4.74 Å². The number of rotatable bonds is 4. The highest BCUT2D eigenvalue weighted by molar-refractivity contribution is 7.90. The van der Waals surface area contributed by atoms with Crippen molar-refractivity contribution in [2.24, 2.45) is 0 Å². The molecule has 22 heavy (non-hydrogen) atoms. The minimum absolute atomic E-state index is 0.230. The molecule has 0 spiro atoms. The van der Waals surface area contributed by atoms with Gasteiger partial charge in [0.05, 0.1) is 23.0 Å². The van der Waals surface area contributed by atoms with Crippen LogP contribution in [-0.2, 0) is 16.4 Å². The Morgan fingerprint density at radius 3 is 2.68 bits per heavy atom. The quantitative estimate of drug-likeness (QED) is 0.742. The summed E-state index contributed by atoms with van der Waals surface area (Å²) in [5, 5.41) is 0. The van der Waals surface area contributed by atoms with E-state index in [4.69, 9.17) is 4.74 Å². The normalized spacial score (nSPS) is 11.7. The van der Waals surface area contributed by atoms with E-state index in [1.54, 1.807) is 43.5 Å². The molecule has 2 aromatic carbocycles. The van der Waals surface area contributed by atoms with Crippen LogP contribution in [0.2, 0.25) is 0 Å². The average Bonchev–Trinajstić information content (AvgIpc) is 2.98. The summed E-state index contributed by atoms with van der Waals surface area (Å²) in [5.41, 5.74) is 2.07. The maximum atomic E-state index is 12.9. The van der Waals surface area contributed by atoms with E-state index in [9.17, 15) is 8.42 Å². The van der Waals surface area contributed by atoms with Crippen molar-refractivity contribution >= 4 is 21.1 Å². The summed E-state index contributed by atoms with van der Waals surface area (Å²) < 4.78 is 32.2. The van der Waals surface area contributed by atoms with Crippen LogP contribution in [0.25, 0.3) is 11.0 Å². The molecule has 1 heterocycles. The number of hydrogen-bond acceptors (Lipinski definition) is 4. The second-order valence-corrected chi connectivity index (χ2v) is 6.68. The third-order valence-corrected chi connectivity index (χ3v) is 5.27. The van der Waals surface area contributed by atoms with Gasteiger partial charge in [0.25, 0.3) is 10.0 Å². The van der Waals surface area contributed by atoms with E-state index in [1.807, 2.05) is 13.0 Å². The van der Waals surface area contributed by atoms with E-state index in [2.05, 4.69) is 4.98 Å². The third-order valence-electron chi connectivity index (χ3n) is 3.61. The van der Waals surface area contributed by atoms with Crippen LogP contribution in [0.5, 0.6) is 5.75 Å². The van der Waals surface area contributed by atoms with Crippen molar-refractivity contribution in [1.29, 1.82) is 0 Å². The van der Waals surface area contributed by atoms with Crippen molar-refractivity contribution in [3.8, 4) is 5.75 Å². The molecule has 0 aliphatic rings. The van der Waals surface area contributed by atoms with Crippen molar-refractivity contribution in [3.05, 3.63) is 54.4 Å². The maximum absolute atomic E-state index is 12.9. The predicted octanol–water partition coefficient (Wildman–Crippen LogP) is 2.84. The Morgan fingerprint density at radius 1 is 1.18 bits per heavy atom. The molecule has 5 nitrogen and oxygen atoms in total. The Labute approximate surface area is 129 Å². The van der Waals surface area contributed by atoms with Gasteiger partial charge in [-0.05, 0) is 42.3 Å². The second-order valence-electron chi connectivity index (χ2n) is 4.86. The molecule has 0 unspecified atom stereocenters. The first kappa shape index (κ1) is 14.6. The first-order chi connectivity index (χ1) is 10.6. The minimum atomic E-state index is -3.68. The first-order valence-electron chi connectivity index (χ1n) is 6.92. The van der Waals surface area contributed by atoms with Gasteiger partial charge in [0.2, 0.25) is 0 Å². The predicted molar refractivity (Wildman–Crippen MR) is 84.7 cm³/mol. The van der Waals surface area contributed by atoms with Crippen LogP contribution >= 0.6 is 0 Å². The Bertz CT molecular complexity index is 929. The lowest BCUT2D eigenvalue weighted by molar-refractivity contribution is 0.409. The topological polar surface area (TPSA) is 61.2 Å². The SMILES string of the molecule is CCc1cc(S(=O)(=O)n2cnc3ccccc32)ccc1OC. The molecular weight excluding hydrogens is 300 g/mol. The zero-order valence-corrected chi connectivity index (χ0v) is 13.2. The number of aryl methyl sites for hydroxylation is 1. The van der Waals surface area contributed by atoms with Crippen LogP contribution in [0, 0.1) is 0 Å². The molecule has 0 fully saturated rings. The fourth-order valence-electron chi connectivity index (χ4n) is 2.43. The Balaban J connectivity index is 2.18. The largest absolute Gasteiger partial charge is 0.496 e. The van der Waals surface area contributed by atoms with Crippen LogP contribution in [0.1, 0.15) is 12.5 Å². The number of imidazole rings is 1. The summed E-state index contributed by atoms with van der Waals surface area (Å²) >= 11 is 0. The van der Waals surface area contributed by atoms with Crippen molar-refractivity contribution in [3.63, 3.8) is 0 Å². The number of nitrogens with zero attached hydrogens (tertiary/aromatic N) is 2. The molecular formula is C16H16N2O3S. The first-order valence-corrected chi connectivity index (χ1v) is 8.36. The fraction of sp³-hybridized carbons (Fsp3) is 0.188. The zero-order valence-electron chi connectivity index (χ0n) is 12.4. The number of fused-ring (bicyclic) bond motifs is 1. The fourth-order valence-corrected chi connectivity index (χ4v) is 3.78. The molecule has 0 aliphatic carbocycles. The van der Waals surface area contributed by atoms with Crippen LogP contribution < -0.4 is 4.74 Å².